The van der Waals surface area contributed by atoms with E-state index in [0.29, 0.717) is 24.2 Å². The lowest BCUT2D eigenvalue weighted by atomic mass is 10.1. The molecule has 1 aliphatic rings. The molecule has 0 aliphatic heterocycles. The lowest BCUT2D eigenvalue weighted by molar-refractivity contribution is 0.554. The first-order chi connectivity index (χ1) is 10.0. The fourth-order valence-electron chi connectivity index (χ4n) is 2.88. The molecule has 112 valence electrons. The van der Waals surface area contributed by atoms with Crippen molar-refractivity contribution >= 4 is 10.0 Å². The zero-order chi connectivity index (χ0) is 15.0. The van der Waals surface area contributed by atoms with Crippen molar-refractivity contribution < 1.29 is 8.42 Å². The quantitative estimate of drug-likeness (QED) is 0.771. The molecule has 3 rings (SSSR count). The molecule has 4 N–H and O–H groups in total. The van der Waals surface area contributed by atoms with Gasteiger partial charge in [0.05, 0.1) is 11.4 Å². The Bertz CT molecular complexity index is 742. The molecule has 7 heteroatoms. The average Bonchev–Trinajstić information content (AvgIpc) is 3.00. The lowest BCUT2D eigenvalue weighted by Crippen LogP contribution is -2.36. The average molecular weight is 306 g/mol. The first-order valence-corrected chi connectivity index (χ1v) is 8.32. The Balaban J connectivity index is 1.84. The molecule has 0 saturated heterocycles. The van der Waals surface area contributed by atoms with E-state index < -0.39 is 10.0 Å². The van der Waals surface area contributed by atoms with Gasteiger partial charge in [-0.3, -0.25) is 5.10 Å². The molecule has 1 aromatic heterocycles. The summed E-state index contributed by atoms with van der Waals surface area (Å²) in [7, 11) is -3.62. The van der Waals surface area contributed by atoms with Crippen LogP contribution in [0.3, 0.4) is 0 Å². The Labute approximate surface area is 123 Å². The minimum atomic E-state index is -3.62. The van der Waals surface area contributed by atoms with E-state index in [2.05, 4.69) is 14.9 Å². The highest BCUT2D eigenvalue weighted by atomic mass is 32.2. The van der Waals surface area contributed by atoms with Crippen molar-refractivity contribution in [2.24, 2.45) is 5.73 Å². The van der Waals surface area contributed by atoms with Crippen molar-refractivity contribution in [3.8, 4) is 0 Å². The molecule has 0 unspecified atom stereocenters. The number of nitrogens with one attached hydrogen (secondary N) is 2. The van der Waals surface area contributed by atoms with Crippen LogP contribution in [0.5, 0.6) is 0 Å². The Morgan fingerprint density at radius 1 is 1.33 bits per heavy atom. The molecule has 1 aliphatic carbocycles. The molecule has 0 saturated carbocycles. The van der Waals surface area contributed by atoms with E-state index in [9.17, 15) is 8.42 Å². The van der Waals surface area contributed by atoms with Crippen LogP contribution in [-0.2, 0) is 29.4 Å². The van der Waals surface area contributed by atoms with Crippen LogP contribution in [0, 0.1) is 6.92 Å². The van der Waals surface area contributed by atoms with Crippen LogP contribution < -0.4 is 10.5 Å². The van der Waals surface area contributed by atoms with E-state index in [0.717, 1.165) is 0 Å². The Kier molecular flexibility index (Phi) is 3.56. The van der Waals surface area contributed by atoms with E-state index in [-0.39, 0.29) is 17.5 Å². The number of nitrogens with two attached hydrogens (primary N) is 1. The van der Waals surface area contributed by atoms with Gasteiger partial charge in [-0.05, 0) is 30.9 Å². The van der Waals surface area contributed by atoms with E-state index in [1.165, 1.54) is 11.1 Å². The van der Waals surface area contributed by atoms with E-state index in [1.54, 1.807) is 6.92 Å². The maximum atomic E-state index is 12.6. The number of hydrogen-bond donors (Lipinski definition) is 3. The maximum absolute atomic E-state index is 12.6. The SMILES string of the molecule is Cc1[nH]nc(CN)c1S(=O)(=O)NC1Cc2ccccc2C1. The minimum Gasteiger partial charge on any atom is -0.325 e. The van der Waals surface area contributed by atoms with Crippen LogP contribution >= 0.6 is 0 Å². The van der Waals surface area contributed by atoms with Gasteiger partial charge in [-0.15, -0.1) is 0 Å². The molecule has 1 heterocycles. The summed E-state index contributed by atoms with van der Waals surface area (Å²) in [6, 6.07) is 7.91. The summed E-state index contributed by atoms with van der Waals surface area (Å²) >= 11 is 0. The predicted molar refractivity (Wildman–Crippen MR) is 79.2 cm³/mol. The summed E-state index contributed by atoms with van der Waals surface area (Å²) in [6.07, 6.45) is 1.43. The van der Waals surface area contributed by atoms with Crippen LogP contribution in [0.1, 0.15) is 22.5 Å². The second-order valence-electron chi connectivity index (χ2n) is 5.32. The molecular formula is C14H18N4O2S. The molecule has 21 heavy (non-hydrogen) atoms. The Morgan fingerprint density at radius 2 is 1.95 bits per heavy atom. The smallest absolute Gasteiger partial charge is 0.244 e. The minimum absolute atomic E-state index is 0.0888. The molecular weight excluding hydrogens is 288 g/mol. The van der Waals surface area contributed by atoms with Crippen LogP contribution in [0.4, 0.5) is 0 Å². The largest absolute Gasteiger partial charge is 0.325 e. The lowest BCUT2D eigenvalue weighted by Gasteiger charge is -2.13. The summed E-state index contributed by atoms with van der Waals surface area (Å²) in [6.45, 7) is 1.77. The fraction of sp³-hybridized carbons (Fsp3) is 0.357. The zero-order valence-electron chi connectivity index (χ0n) is 11.8. The van der Waals surface area contributed by atoms with Crippen LogP contribution in [0.25, 0.3) is 0 Å². The molecule has 0 bridgehead atoms. The van der Waals surface area contributed by atoms with Crippen LogP contribution in [0.15, 0.2) is 29.2 Å². The third-order valence-corrected chi connectivity index (χ3v) is 5.52. The van der Waals surface area contributed by atoms with Crippen molar-refractivity contribution in [1.82, 2.24) is 14.9 Å². The number of benzene rings is 1. The van der Waals surface area contributed by atoms with Gasteiger partial charge in [0, 0.05) is 12.6 Å². The van der Waals surface area contributed by atoms with E-state index >= 15 is 0 Å². The highest BCUT2D eigenvalue weighted by molar-refractivity contribution is 7.89. The number of rotatable bonds is 4. The topological polar surface area (TPSA) is 101 Å². The Hall–Kier alpha value is -1.70. The predicted octanol–water partition coefficient (Wildman–Crippen LogP) is 0.623. The van der Waals surface area contributed by atoms with Gasteiger partial charge in [0.2, 0.25) is 10.0 Å². The molecule has 0 atom stereocenters. The number of aromatic amines is 1. The highest BCUT2D eigenvalue weighted by Gasteiger charge is 2.29. The molecule has 2 aromatic rings. The number of nitrogens with zero attached hydrogens (tertiary/aromatic N) is 1. The first kappa shape index (κ1) is 14.2. The monoisotopic (exact) mass is 306 g/mol. The van der Waals surface area contributed by atoms with Gasteiger partial charge < -0.3 is 5.73 Å². The zero-order valence-corrected chi connectivity index (χ0v) is 12.6. The summed E-state index contributed by atoms with van der Waals surface area (Å²) in [5, 5.41) is 6.63. The van der Waals surface area contributed by atoms with Gasteiger partial charge in [0.15, 0.2) is 0 Å². The third-order valence-electron chi connectivity index (χ3n) is 3.80. The van der Waals surface area contributed by atoms with Gasteiger partial charge in [-0.25, -0.2) is 13.1 Å². The number of hydrogen-bond acceptors (Lipinski definition) is 4. The van der Waals surface area contributed by atoms with Crippen molar-refractivity contribution in [3.63, 3.8) is 0 Å². The van der Waals surface area contributed by atoms with E-state index in [1.807, 2.05) is 24.3 Å². The Morgan fingerprint density at radius 3 is 2.52 bits per heavy atom. The first-order valence-electron chi connectivity index (χ1n) is 6.84. The van der Waals surface area contributed by atoms with Gasteiger partial charge in [-0.2, -0.15) is 5.10 Å². The van der Waals surface area contributed by atoms with Crippen LogP contribution in [-0.4, -0.2) is 24.7 Å². The second kappa shape index (κ2) is 5.25. The number of sulfonamides is 1. The van der Waals surface area contributed by atoms with Crippen molar-refractivity contribution in [2.45, 2.75) is 37.2 Å². The maximum Gasteiger partial charge on any atom is 0.244 e. The van der Waals surface area contributed by atoms with Crippen LogP contribution in [0.2, 0.25) is 0 Å². The van der Waals surface area contributed by atoms with E-state index in [4.69, 9.17) is 5.73 Å². The standard InChI is InChI=1S/C14H18N4O2S/c1-9-14(13(8-15)17-16-9)21(19,20)18-12-6-10-4-2-3-5-11(10)7-12/h2-5,12,18H,6-8,15H2,1H3,(H,16,17). The van der Waals surface area contributed by atoms with Gasteiger partial charge in [-0.1, -0.05) is 24.3 Å². The summed E-state index contributed by atoms with van der Waals surface area (Å²) in [5.41, 5.74) is 8.85. The van der Waals surface area contributed by atoms with Gasteiger partial charge >= 0.3 is 0 Å². The van der Waals surface area contributed by atoms with Crippen molar-refractivity contribution in [1.29, 1.82) is 0 Å². The molecule has 0 fully saturated rings. The summed E-state index contributed by atoms with van der Waals surface area (Å²) in [5.74, 6) is 0. The summed E-state index contributed by atoms with van der Waals surface area (Å²) < 4.78 is 27.9. The number of fused-ring (bicyclic) bond motifs is 1. The molecule has 0 amide bonds. The second-order valence-corrected chi connectivity index (χ2v) is 6.97. The molecule has 6 nitrogen and oxygen atoms in total. The normalized spacial score (nSPS) is 15.3. The summed E-state index contributed by atoms with van der Waals surface area (Å²) in [4.78, 5) is 0.181. The van der Waals surface area contributed by atoms with Crippen molar-refractivity contribution in [3.05, 3.63) is 46.8 Å². The van der Waals surface area contributed by atoms with Crippen molar-refractivity contribution in [2.75, 3.05) is 0 Å². The fourth-order valence-corrected chi connectivity index (χ4v) is 4.50. The highest BCUT2D eigenvalue weighted by Crippen LogP contribution is 2.24. The number of H-pyrrole nitrogens is 1. The van der Waals surface area contributed by atoms with Gasteiger partial charge in [0.25, 0.3) is 0 Å². The number of aryl methyl sites for hydroxylation is 1. The molecule has 0 spiro atoms. The number of aromatic nitrogens is 2. The molecule has 1 aromatic carbocycles. The third kappa shape index (κ3) is 2.59. The van der Waals surface area contributed by atoms with Gasteiger partial charge in [0.1, 0.15) is 4.90 Å². The molecule has 0 radical (unpaired) electrons.